The Morgan fingerprint density at radius 3 is 2.68 bits per heavy atom. The first-order chi connectivity index (χ1) is 12.9. The van der Waals surface area contributed by atoms with E-state index in [2.05, 4.69) is 19.9 Å². The molecule has 0 unspecified atom stereocenters. The van der Waals surface area contributed by atoms with E-state index in [-0.39, 0.29) is 30.5 Å². The third kappa shape index (κ3) is 8.52. The minimum Gasteiger partial charge on any atom is -0.381 e. The van der Waals surface area contributed by atoms with Crippen molar-refractivity contribution >= 4 is 51.3 Å². The molecule has 162 valence electrons. The number of aliphatic imine (C=N–C) groups is 1. The maximum Gasteiger partial charge on any atom is 0.250 e. The molecule has 2 heterocycles. The molecule has 0 spiro atoms. The Hall–Kier alpha value is -0.430. The van der Waals surface area contributed by atoms with Crippen molar-refractivity contribution in [2.45, 2.75) is 37.3 Å². The van der Waals surface area contributed by atoms with Crippen molar-refractivity contribution in [2.24, 2.45) is 10.9 Å². The Morgan fingerprint density at radius 2 is 2.07 bits per heavy atom. The molecule has 0 aromatic carbocycles. The van der Waals surface area contributed by atoms with E-state index < -0.39 is 10.0 Å². The van der Waals surface area contributed by atoms with Crippen molar-refractivity contribution < 1.29 is 13.2 Å². The predicted molar refractivity (Wildman–Crippen MR) is 126 cm³/mol. The third-order valence-corrected chi connectivity index (χ3v) is 7.51. The molecular weight excluding hydrogens is 511 g/mol. The van der Waals surface area contributed by atoms with Crippen LogP contribution in [0.25, 0.3) is 0 Å². The van der Waals surface area contributed by atoms with Crippen LogP contribution in [0.1, 0.15) is 31.1 Å². The molecule has 0 aliphatic carbocycles. The molecule has 0 saturated carbocycles. The maximum absolute atomic E-state index is 12.2. The fraction of sp³-hybridized carbons (Fsp3) is 0.722. The average molecular weight is 545 g/mol. The molecular formula is C18H33IN4O3S2. The summed E-state index contributed by atoms with van der Waals surface area (Å²) in [5.74, 6) is 1.53. The number of thiophene rings is 1. The number of hydrogen-bond acceptors (Lipinski definition) is 5. The summed E-state index contributed by atoms with van der Waals surface area (Å²) in [7, 11) is -1.41. The summed E-state index contributed by atoms with van der Waals surface area (Å²) in [6.45, 7) is 8.04. The van der Waals surface area contributed by atoms with Crippen LogP contribution in [0, 0.1) is 12.8 Å². The average Bonchev–Trinajstić information content (AvgIpc) is 3.10. The SMILES string of the molecule is CCNC(=NCCNS(=O)(=O)c1ccc(C)s1)N(C)CCC1CCOCC1.I. The van der Waals surface area contributed by atoms with Gasteiger partial charge in [0.25, 0.3) is 0 Å². The van der Waals surface area contributed by atoms with Gasteiger partial charge in [-0.3, -0.25) is 4.99 Å². The molecule has 1 aliphatic rings. The first-order valence-electron chi connectivity index (χ1n) is 9.55. The number of sulfonamides is 1. The van der Waals surface area contributed by atoms with Crippen LogP contribution in [-0.4, -0.2) is 65.7 Å². The highest BCUT2D eigenvalue weighted by Crippen LogP contribution is 2.20. The molecule has 7 nitrogen and oxygen atoms in total. The minimum atomic E-state index is -3.44. The molecule has 1 fully saturated rings. The monoisotopic (exact) mass is 544 g/mol. The number of halogens is 1. The van der Waals surface area contributed by atoms with Crippen molar-refractivity contribution in [3.63, 3.8) is 0 Å². The maximum atomic E-state index is 12.2. The van der Waals surface area contributed by atoms with Crippen LogP contribution in [0.2, 0.25) is 0 Å². The first-order valence-corrected chi connectivity index (χ1v) is 11.9. The summed E-state index contributed by atoms with van der Waals surface area (Å²) < 4.78 is 32.9. The Bertz CT molecular complexity index is 703. The molecule has 28 heavy (non-hydrogen) atoms. The van der Waals surface area contributed by atoms with E-state index in [9.17, 15) is 8.42 Å². The number of nitrogens with zero attached hydrogens (tertiary/aromatic N) is 2. The lowest BCUT2D eigenvalue weighted by Gasteiger charge is -2.26. The van der Waals surface area contributed by atoms with Gasteiger partial charge in [0.2, 0.25) is 10.0 Å². The summed E-state index contributed by atoms with van der Waals surface area (Å²) in [4.78, 5) is 7.66. The second-order valence-electron chi connectivity index (χ2n) is 6.76. The van der Waals surface area contributed by atoms with E-state index in [0.29, 0.717) is 16.7 Å². The minimum absolute atomic E-state index is 0. The molecule has 2 rings (SSSR count). The lowest BCUT2D eigenvalue weighted by atomic mass is 9.96. The van der Waals surface area contributed by atoms with Gasteiger partial charge in [-0.25, -0.2) is 13.1 Å². The Balaban J connectivity index is 0.00000392. The molecule has 10 heteroatoms. The summed E-state index contributed by atoms with van der Waals surface area (Å²) in [5.41, 5.74) is 0. The van der Waals surface area contributed by atoms with Crippen molar-refractivity contribution in [3.8, 4) is 0 Å². The summed E-state index contributed by atoms with van der Waals surface area (Å²) in [6, 6.07) is 3.45. The molecule has 0 atom stereocenters. The highest BCUT2D eigenvalue weighted by atomic mass is 127. The van der Waals surface area contributed by atoms with E-state index in [4.69, 9.17) is 4.74 Å². The zero-order chi connectivity index (χ0) is 19.7. The lowest BCUT2D eigenvalue weighted by Crippen LogP contribution is -2.40. The number of rotatable bonds is 9. The summed E-state index contributed by atoms with van der Waals surface area (Å²) >= 11 is 1.28. The number of guanidine groups is 1. The highest BCUT2D eigenvalue weighted by molar-refractivity contribution is 14.0. The van der Waals surface area contributed by atoms with Gasteiger partial charge in [-0.15, -0.1) is 35.3 Å². The third-order valence-electron chi connectivity index (χ3n) is 4.56. The van der Waals surface area contributed by atoms with Crippen molar-refractivity contribution in [2.75, 3.05) is 46.4 Å². The summed E-state index contributed by atoms with van der Waals surface area (Å²) in [6.07, 6.45) is 3.38. The fourth-order valence-corrected chi connectivity index (χ4v) is 5.31. The van der Waals surface area contributed by atoms with Gasteiger partial charge in [0.05, 0.1) is 6.54 Å². The molecule has 0 radical (unpaired) electrons. The quantitative estimate of drug-likeness (QED) is 0.216. The largest absolute Gasteiger partial charge is 0.381 e. The van der Waals surface area contributed by atoms with Gasteiger partial charge < -0.3 is 15.0 Å². The van der Waals surface area contributed by atoms with Crippen molar-refractivity contribution in [1.29, 1.82) is 0 Å². The van der Waals surface area contributed by atoms with Crippen LogP contribution < -0.4 is 10.0 Å². The smallest absolute Gasteiger partial charge is 0.250 e. The van der Waals surface area contributed by atoms with Crippen molar-refractivity contribution in [1.82, 2.24) is 14.9 Å². The second kappa shape index (κ2) is 13.0. The molecule has 1 saturated heterocycles. The van der Waals surface area contributed by atoms with Gasteiger partial charge in [-0.2, -0.15) is 0 Å². The Morgan fingerprint density at radius 1 is 1.36 bits per heavy atom. The van der Waals surface area contributed by atoms with Gasteiger partial charge >= 0.3 is 0 Å². The van der Waals surface area contributed by atoms with Crippen LogP contribution in [0.3, 0.4) is 0 Å². The molecule has 1 aromatic heterocycles. The van der Waals surface area contributed by atoms with Crippen LogP contribution in [-0.2, 0) is 14.8 Å². The van der Waals surface area contributed by atoms with Gasteiger partial charge in [0, 0.05) is 44.8 Å². The topological polar surface area (TPSA) is 83.0 Å². The standard InChI is InChI=1S/C18H32N4O3S2.HI/c1-4-19-18(22(3)12-7-16-8-13-25-14-9-16)20-10-11-21-27(23,24)17-6-5-15(2)26-17;/h5-6,16,21H,4,7-14H2,1-3H3,(H,19,20);1H. The van der Waals surface area contributed by atoms with E-state index in [0.717, 1.165) is 56.4 Å². The first kappa shape index (κ1) is 25.6. The van der Waals surface area contributed by atoms with E-state index >= 15 is 0 Å². The number of hydrogen-bond donors (Lipinski definition) is 2. The normalized spacial score (nSPS) is 15.9. The zero-order valence-corrected chi connectivity index (χ0v) is 20.9. The highest BCUT2D eigenvalue weighted by Gasteiger charge is 2.16. The van der Waals surface area contributed by atoms with Crippen LogP contribution >= 0.6 is 35.3 Å². The lowest BCUT2D eigenvalue weighted by molar-refractivity contribution is 0.0625. The van der Waals surface area contributed by atoms with Gasteiger partial charge in [-0.05, 0) is 51.2 Å². The number of aryl methyl sites for hydroxylation is 1. The summed E-state index contributed by atoms with van der Waals surface area (Å²) in [5, 5.41) is 3.28. The fourth-order valence-electron chi connectivity index (χ4n) is 2.96. The van der Waals surface area contributed by atoms with E-state index in [1.165, 1.54) is 11.3 Å². The van der Waals surface area contributed by atoms with Gasteiger partial charge in [0.1, 0.15) is 4.21 Å². The second-order valence-corrected chi connectivity index (χ2v) is 10.0. The number of ether oxygens (including phenoxy) is 1. The van der Waals surface area contributed by atoms with Crippen LogP contribution in [0.15, 0.2) is 21.3 Å². The van der Waals surface area contributed by atoms with Crippen LogP contribution in [0.4, 0.5) is 0 Å². The van der Waals surface area contributed by atoms with Crippen LogP contribution in [0.5, 0.6) is 0 Å². The van der Waals surface area contributed by atoms with Crippen molar-refractivity contribution in [3.05, 3.63) is 17.0 Å². The molecule has 1 aliphatic heterocycles. The van der Waals surface area contributed by atoms with E-state index in [1.807, 2.05) is 27.0 Å². The molecule has 0 amide bonds. The van der Waals surface area contributed by atoms with Gasteiger partial charge in [-0.1, -0.05) is 0 Å². The Kier molecular flexibility index (Phi) is 11.9. The molecule has 2 N–H and O–H groups in total. The van der Waals surface area contributed by atoms with Gasteiger partial charge in [0.15, 0.2) is 5.96 Å². The Labute approximate surface area is 190 Å². The zero-order valence-electron chi connectivity index (χ0n) is 16.9. The molecule has 1 aromatic rings. The predicted octanol–water partition coefficient (Wildman–Crippen LogP) is 2.67. The molecule has 0 bridgehead atoms. The van der Waals surface area contributed by atoms with E-state index in [1.54, 1.807) is 6.07 Å². The number of nitrogens with one attached hydrogen (secondary N) is 2.